The molecule has 0 saturated carbocycles. The number of hydrogen-bond acceptors (Lipinski definition) is 3. The summed E-state index contributed by atoms with van der Waals surface area (Å²) in [6.07, 6.45) is 3.30. The van der Waals surface area contributed by atoms with E-state index < -0.39 is 0 Å². The van der Waals surface area contributed by atoms with Crippen molar-refractivity contribution in [3.05, 3.63) is 52.6 Å². The van der Waals surface area contributed by atoms with Gasteiger partial charge in [-0.1, -0.05) is 29.8 Å². The number of thioether (sulfide) groups is 1. The van der Waals surface area contributed by atoms with Crippen LogP contribution in [0.3, 0.4) is 0 Å². The van der Waals surface area contributed by atoms with E-state index in [9.17, 15) is 9.18 Å². The standard InChI is InChI=1S/C18H21ClFN3OS/c19-17-11-16(21-22-17)18(24)23(8-5-13-6-9-25-10-7-13)12-14-3-1-2-4-15(14)20/h1-4,11,13H,5-10,12H2,(H,21,22). The summed E-state index contributed by atoms with van der Waals surface area (Å²) in [6, 6.07) is 8.08. The van der Waals surface area contributed by atoms with Crippen LogP contribution in [0.5, 0.6) is 0 Å². The lowest BCUT2D eigenvalue weighted by Gasteiger charge is -2.27. The highest BCUT2D eigenvalue weighted by molar-refractivity contribution is 7.99. The third-order valence-electron chi connectivity index (χ3n) is 4.53. The molecule has 1 N–H and O–H groups in total. The van der Waals surface area contributed by atoms with Crippen LogP contribution in [0.4, 0.5) is 4.39 Å². The summed E-state index contributed by atoms with van der Waals surface area (Å²) in [5.41, 5.74) is 0.848. The van der Waals surface area contributed by atoms with E-state index in [1.54, 1.807) is 23.1 Å². The van der Waals surface area contributed by atoms with E-state index in [1.165, 1.54) is 36.5 Å². The minimum Gasteiger partial charge on any atom is -0.333 e. The Labute approximate surface area is 156 Å². The van der Waals surface area contributed by atoms with E-state index in [1.807, 2.05) is 11.8 Å². The monoisotopic (exact) mass is 381 g/mol. The van der Waals surface area contributed by atoms with E-state index in [0.717, 1.165) is 6.42 Å². The van der Waals surface area contributed by atoms with Crippen molar-refractivity contribution in [2.24, 2.45) is 5.92 Å². The fourth-order valence-electron chi connectivity index (χ4n) is 3.04. The SMILES string of the molecule is O=C(c1cc(Cl)n[nH]1)N(CCC1CCSCC1)Cc1ccccc1F. The summed E-state index contributed by atoms with van der Waals surface area (Å²) in [6.45, 7) is 0.836. The van der Waals surface area contributed by atoms with Gasteiger partial charge in [0, 0.05) is 24.7 Å². The average molecular weight is 382 g/mol. The van der Waals surface area contributed by atoms with Crippen LogP contribution in [0.1, 0.15) is 35.3 Å². The second-order valence-electron chi connectivity index (χ2n) is 6.27. The zero-order valence-electron chi connectivity index (χ0n) is 13.9. The van der Waals surface area contributed by atoms with Crippen LogP contribution in [-0.2, 0) is 6.54 Å². The van der Waals surface area contributed by atoms with Crippen molar-refractivity contribution in [1.82, 2.24) is 15.1 Å². The van der Waals surface area contributed by atoms with Crippen molar-refractivity contribution in [1.29, 1.82) is 0 Å². The minimum absolute atomic E-state index is 0.201. The van der Waals surface area contributed by atoms with E-state index in [-0.39, 0.29) is 23.4 Å². The largest absolute Gasteiger partial charge is 0.333 e. The molecule has 4 nitrogen and oxygen atoms in total. The molecule has 1 aromatic carbocycles. The van der Waals surface area contributed by atoms with E-state index in [4.69, 9.17) is 11.6 Å². The quantitative estimate of drug-likeness (QED) is 0.807. The zero-order chi connectivity index (χ0) is 17.6. The Kier molecular flexibility index (Phi) is 6.37. The number of amides is 1. The van der Waals surface area contributed by atoms with Crippen LogP contribution in [0, 0.1) is 11.7 Å². The molecular formula is C18H21ClFN3OS. The Bertz CT molecular complexity index is 718. The predicted molar refractivity (Wildman–Crippen MR) is 99.4 cm³/mol. The molecule has 2 heterocycles. The summed E-state index contributed by atoms with van der Waals surface area (Å²) in [5, 5.41) is 6.71. The van der Waals surface area contributed by atoms with E-state index >= 15 is 0 Å². The number of nitrogens with zero attached hydrogens (tertiary/aromatic N) is 2. The first-order valence-corrected chi connectivity index (χ1v) is 9.98. The first-order valence-electron chi connectivity index (χ1n) is 8.45. The number of H-pyrrole nitrogens is 1. The third-order valence-corrected chi connectivity index (χ3v) is 5.77. The molecule has 134 valence electrons. The van der Waals surface area contributed by atoms with E-state index in [2.05, 4.69) is 10.2 Å². The molecule has 1 fully saturated rings. The lowest BCUT2D eigenvalue weighted by Crippen LogP contribution is -2.33. The average Bonchev–Trinajstić information content (AvgIpc) is 3.07. The number of benzene rings is 1. The maximum Gasteiger partial charge on any atom is 0.272 e. The molecule has 1 amide bonds. The van der Waals surface area contributed by atoms with Crippen molar-refractivity contribution >= 4 is 29.3 Å². The van der Waals surface area contributed by atoms with Gasteiger partial charge in [0.1, 0.15) is 11.5 Å². The topological polar surface area (TPSA) is 49.0 Å². The number of nitrogens with one attached hydrogen (secondary N) is 1. The normalized spacial score (nSPS) is 15.3. The summed E-state index contributed by atoms with van der Waals surface area (Å²) in [7, 11) is 0. The van der Waals surface area contributed by atoms with Gasteiger partial charge in [-0.25, -0.2) is 4.39 Å². The number of carbonyl (C=O) groups excluding carboxylic acids is 1. The van der Waals surface area contributed by atoms with Gasteiger partial charge in [0.25, 0.3) is 5.91 Å². The van der Waals surface area contributed by atoms with Crippen LogP contribution < -0.4 is 0 Å². The summed E-state index contributed by atoms with van der Waals surface area (Å²) in [5.74, 6) is 2.50. The van der Waals surface area contributed by atoms with E-state index in [0.29, 0.717) is 23.7 Å². The molecule has 2 aromatic rings. The van der Waals surface area contributed by atoms with Gasteiger partial charge in [-0.3, -0.25) is 9.89 Å². The number of aromatic nitrogens is 2. The van der Waals surface area contributed by atoms with Gasteiger partial charge in [-0.15, -0.1) is 0 Å². The highest BCUT2D eigenvalue weighted by Gasteiger charge is 2.22. The maximum atomic E-state index is 14.0. The number of hydrogen-bond donors (Lipinski definition) is 1. The van der Waals surface area contributed by atoms with Gasteiger partial charge in [-0.05, 0) is 42.8 Å². The molecule has 25 heavy (non-hydrogen) atoms. The second-order valence-corrected chi connectivity index (χ2v) is 7.88. The van der Waals surface area contributed by atoms with Crippen LogP contribution >= 0.6 is 23.4 Å². The van der Waals surface area contributed by atoms with Crippen molar-refractivity contribution in [3.63, 3.8) is 0 Å². The molecule has 0 spiro atoms. The number of rotatable bonds is 6. The molecule has 1 aliphatic heterocycles. The number of carbonyl (C=O) groups is 1. The van der Waals surface area contributed by atoms with Gasteiger partial charge < -0.3 is 4.90 Å². The molecule has 3 rings (SSSR count). The molecule has 0 aliphatic carbocycles. The maximum absolute atomic E-state index is 14.0. The van der Waals surface area contributed by atoms with Crippen LogP contribution in [0.2, 0.25) is 5.15 Å². The van der Waals surface area contributed by atoms with Gasteiger partial charge in [0.05, 0.1) is 0 Å². The molecule has 7 heteroatoms. The van der Waals surface area contributed by atoms with Crippen molar-refractivity contribution in [2.45, 2.75) is 25.8 Å². The van der Waals surface area contributed by atoms with Crippen LogP contribution in [0.15, 0.2) is 30.3 Å². The Morgan fingerprint density at radius 3 is 2.80 bits per heavy atom. The Balaban J connectivity index is 1.72. The second kappa shape index (κ2) is 8.72. The fourth-order valence-corrected chi connectivity index (χ4v) is 4.39. The Morgan fingerprint density at radius 2 is 2.12 bits per heavy atom. The lowest BCUT2D eigenvalue weighted by atomic mass is 9.98. The van der Waals surface area contributed by atoms with Gasteiger partial charge in [-0.2, -0.15) is 16.9 Å². The highest BCUT2D eigenvalue weighted by Crippen LogP contribution is 2.26. The highest BCUT2D eigenvalue weighted by atomic mass is 35.5. The molecule has 1 aliphatic rings. The zero-order valence-corrected chi connectivity index (χ0v) is 15.5. The smallest absolute Gasteiger partial charge is 0.272 e. The molecule has 1 saturated heterocycles. The van der Waals surface area contributed by atoms with Crippen molar-refractivity contribution < 1.29 is 9.18 Å². The first kappa shape index (κ1) is 18.3. The lowest BCUT2D eigenvalue weighted by molar-refractivity contribution is 0.0724. The van der Waals surface area contributed by atoms with Gasteiger partial charge in [0.2, 0.25) is 0 Å². The predicted octanol–water partition coefficient (Wildman–Crippen LogP) is 4.38. The molecule has 0 atom stereocenters. The molecule has 0 radical (unpaired) electrons. The van der Waals surface area contributed by atoms with Crippen molar-refractivity contribution in [3.8, 4) is 0 Å². The minimum atomic E-state index is -0.294. The number of aromatic amines is 1. The summed E-state index contributed by atoms with van der Waals surface area (Å²) >= 11 is 7.80. The van der Waals surface area contributed by atoms with Crippen molar-refractivity contribution in [2.75, 3.05) is 18.1 Å². The van der Waals surface area contributed by atoms with Crippen LogP contribution in [0.25, 0.3) is 0 Å². The van der Waals surface area contributed by atoms with Gasteiger partial charge in [0.15, 0.2) is 5.15 Å². The fraction of sp³-hybridized carbons (Fsp3) is 0.444. The third kappa shape index (κ3) is 4.98. The Morgan fingerprint density at radius 1 is 1.36 bits per heavy atom. The summed E-state index contributed by atoms with van der Waals surface area (Å²) in [4.78, 5) is 14.5. The molecule has 1 aromatic heterocycles. The Hall–Kier alpha value is -1.53. The molecule has 0 unspecified atom stereocenters. The molecule has 0 bridgehead atoms. The number of halogens is 2. The van der Waals surface area contributed by atoms with Crippen LogP contribution in [-0.4, -0.2) is 39.1 Å². The molecular weight excluding hydrogens is 361 g/mol. The summed E-state index contributed by atoms with van der Waals surface area (Å²) < 4.78 is 14.0. The van der Waals surface area contributed by atoms with Gasteiger partial charge >= 0.3 is 0 Å². The first-order chi connectivity index (χ1) is 12.1.